The van der Waals surface area contributed by atoms with E-state index >= 15 is 0 Å². The summed E-state index contributed by atoms with van der Waals surface area (Å²) < 4.78 is 38.2. The number of carbonyl (C=O) groups excluding carboxylic acids is 3. The third kappa shape index (κ3) is 4.71. The van der Waals surface area contributed by atoms with Crippen molar-refractivity contribution in [1.29, 1.82) is 0 Å². The Balaban J connectivity index is 1.46. The Kier molecular flexibility index (Phi) is 6.51. The van der Waals surface area contributed by atoms with Crippen molar-refractivity contribution in [1.82, 2.24) is 0 Å². The summed E-state index contributed by atoms with van der Waals surface area (Å²) in [5, 5.41) is 3.17. The number of fused-ring (bicyclic) bond motifs is 3. The molecule has 11 heteroatoms. The van der Waals surface area contributed by atoms with E-state index in [0.29, 0.717) is 22.1 Å². The van der Waals surface area contributed by atoms with Crippen LogP contribution >= 0.6 is 11.6 Å². The van der Waals surface area contributed by atoms with Crippen LogP contribution < -0.4 is 19.7 Å². The second-order valence-corrected chi connectivity index (χ2v) is 11.8. The van der Waals surface area contributed by atoms with Crippen LogP contribution in [0.3, 0.4) is 0 Å². The average Bonchev–Trinajstić information content (AvgIpc) is 3.40. The van der Waals surface area contributed by atoms with Crippen molar-refractivity contribution in [3.05, 3.63) is 106 Å². The zero-order valence-corrected chi connectivity index (χ0v) is 23.1. The van der Waals surface area contributed by atoms with Gasteiger partial charge >= 0.3 is 0 Å². The van der Waals surface area contributed by atoms with Crippen molar-refractivity contribution < 1.29 is 32.3 Å². The van der Waals surface area contributed by atoms with Crippen LogP contribution in [0, 0.1) is 0 Å². The van der Waals surface area contributed by atoms with Crippen LogP contribution in [0.2, 0.25) is 5.02 Å². The number of carbonyl (C=O) groups is 3. The van der Waals surface area contributed by atoms with Gasteiger partial charge < -0.3 is 19.7 Å². The molecule has 41 heavy (non-hydrogen) atoms. The summed E-state index contributed by atoms with van der Waals surface area (Å²) in [6, 6.07) is 19.9. The smallest absolute Gasteiger partial charge is 0.259 e. The predicted molar refractivity (Wildman–Crippen MR) is 151 cm³/mol. The van der Waals surface area contributed by atoms with Crippen LogP contribution in [0.25, 0.3) is 0 Å². The van der Waals surface area contributed by atoms with Gasteiger partial charge in [0.05, 0.1) is 33.3 Å². The standard InChI is InChI=1S/C30H21ClN2O7S/c1-17(34)22-13-25-26(40-16-39-25)14-23(22)32-29(35)19-9-10-28-24(12-19)33(15-18-5-4-6-20(31)11-18)30(36)21-7-2-3-8-27(21)41(28,37)38/h2-14H,15-16H2,1H3,(H,32,35). The van der Waals surface area contributed by atoms with Crippen molar-refractivity contribution >= 4 is 50.4 Å². The molecule has 0 unspecified atom stereocenters. The van der Waals surface area contributed by atoms with E-state index in [1.54, 1.807) is 36.4 Å². The fraction of sp³-hybridized carbons (Fsp3) is 0.100. The van der Waals surface area contributed by atoms with Crippen molar-refractivity contribution in [2.45, 2.75) is 23.3 Å². The first-order chi connectivity index (χ1) is 19.6. The number of rotatable bonds is 5. The maximum absolute atomic E-state index is 13.8. The monoisotopic (exact) mass is 588 g/mol. The molecule has 6 rings (SSSR count). The number of ketones is 1. The Morgan fingerprint density at radius 2 is 1.68 bits per heavy atom. The molecular formula is C30H21ClN2O7S. The lowest BCUT2D eigenvalue weighted by Gasteiger charge is -2.23. The molecule has 0 saturated carbocycles. The minimum atomic E-state index is -4.13. The number of halogens is 1. The van der Waals surface area contributed by atoms with Gasteiger partial charge in [0.2, 0.25) is 16.6 Å². The molecule has 206 valence electrons. The Labute approximate surface area is 240 Å². The average molecular weight is 589 g/mol. The van der Waals surface area contributed by atoms with E-state index in [9.17, 15) is 22.8 Å². The van der Waals surface area contributed by atoms with Gasteiger partial charge in [0.15, 0.2) is 17.3 Å². The first-order valence-electron chi connectivity index (χ1n) is 12.4. The second-order valence-electron chi connectivity index (χ2n) is 9.46. The highest BCUT2D eigenvalue weighted by molar-refractivity contribution is 7.91. The number of ether oxygens (including phenoxy) is 2. The number of anilines is 2. The largest absolute Gasteiger partial charge is 0.454 e. The van der Waals surface area contributed by atoms with Gasteiger partial charge in [0.25, 0.3) is 11.8 Å². The second kappa shape index (κ2) is 10.1. The van der Waals surface area contributed by atoms with Gasteiger partial charge in [-0.05, 0) is 61.0 Å². The van der Waals surface area contributed by atoms with Crippen LogP contribution in [0.4, 0.5) is 11.4 Å². The fourth-order valence-electron chi connectivity index (χ4n) is 4.85. The van der Waals surface area contributed by atoms with E-state index in [2.05, 4.69) is 5.32 Å². The molecule has 2 aliphatic rings. The summed E-state index contributed by atoms with van der Waals surface area (Å²) >= 11 is 6.18. The summed E-state index contributed by atoms with van der Waals surface area (Å²) in [7, 11) is -4.13. The van der Waals surface area contributed by atoms with Crippen molar-refractivity contribution in [3.63, 3.8) is 0 Å². The normalized spacial score (nSPS) is 14.6. The van der Waals surface area contributed by atoms with E-state index in [1.165, 1.54) is 54.3 Å². The highest BCUT2D eigenvalue weighted by Crippen LogP contribution is 2.40. The number of Topliss-reactive ketones (excluding diaryl/α,β-unsaturated/α-hetero) is 1. The van der Waals surface area contributed by atoms with Gasteiger partial charge in [0, 0.05) is 22.2 Å². The summed E-state index contributed by atoms with van der Waals surface area (Å²) in [5.74, 6) is -0.714. The maximum atomic E-state index is 13.8. The van der Waals surface area contributed by atoms with Crippen molar-refractivity contribution in [2.75, 3.05) is 17.0 Å². The zero-order valence-electron chi connectivity index (χ0n) is 21.5. The third-order valence-corrected chi connectivity index (χ3v) is 8.92. The fourth-order valence-corrected chi connectivity index (χ4v) is 6.70. The molecule has 2 heterocycles. The Morgan fingerprint density at radius 1 is 0.927 bits per heavy atom. The van der Waals surface area contributed by atoms with Gasteiger partial charge in [-0.15, -0.1) is 0 Å². The Morgan fingerprint density at radius 3 is 2.44 bits per heavy atom. The lowest BCUT2D eigenvalue weighted by Crippen LogP contribution is -2.30. The number of amides is 2. The summed E-state index contributed by atoms with van der Waals surface area (Å²) in [5.41, 5.74) is 1.21. The van der Waals surface area contributed by atoms with Gasteiger partial charge in [-0.3, -0.25) is 14.4 Å². The summed E-state index contributed by atoms with van der Waals surface area (Å²) in [6.45, 7) is 1.34. The first-order valence-corrected chi connectivity index (χ1v) is 14.3. The minimum Gasteiger partial charge on any atom is -0.454 e. The number of benzene rings is 4. The minimum absolute atomic E-state index is 0.00202. The zero-order chi connectivity index (χ0) is 28.9. The highest BCUT2D eigenvalue weighted by atomic mass is 35.5. The molecule has 4 aromatic rings. The summed E-state index contributed by atoms with van der Waals surface area (Å²) in [6.07, 6.45) is 0. The van der Waals surface area contributed by atoms with E-state index in [-0.39, 0.29) is 57.0 Å². The quantitative estimate of drug-likeness (QED) is 0.305. The van der Waals surface area contributed by atoms with Crippen LogP contribution in [0.5, 0.6) is 11.5 Å². The molecule has 9 nitrogen and oxygen atoms in total. The number of sulfone groups is 1. The van der Waals surface area contributed by atoms with Crippen LogP contribution in [-0.2, 0) is 16.4 Å². The number of nitrogens with zero attached hydrogens (tertiary/aromatic N) is 1. The van der Waals surface area contributed by atoms with E-state index < -0.39 is 21.7 Å². The maximum Gasteiger partial charge on any atom is 0.259 e. The molecule has 0 radical (unpaired) electrons. The van der Waals surface area contributed by atoms with E-state index in [1.807, 2.05) is 0 Å². The molecule has 0 aliphatic carbocycles. The molecule has 0 atom stereocenters. The molecule has 0 spiro atoms. The Bertz CT molecular complexity index is 1890. The third-order valence-electron chi connectivity index (χ3n) is 6.82. The van der Waals surface area contributed by atoms with Crippen LogP contribution in [0.15, 0.2) is 88.7 Å². The van der Waals surface area contributed by atoms with Gasteiger partial charge in [-0.25, -0.2) is 8.42 Å². The molecule has 0 saturated heterocycles. The Hall–Kier alpha value is -4.67. The molecule has 0 aromatic heterocycles. The predicted octanol–water partition coefficient (Wildman–Crippen LogP) is 5.52. The molecule has 2 aliphatic heterocycles. The van der Waals surface area contributed by atoms with Crippen LogP contribution in [0.1, 0.15) is 43.6 Å². The number of hydrogen-bond donors (Lipinski definition) is 1. The number of hydrogen-bond acceptors (Lipinski definition) is 7. The molecule has 2 amide bonds. The first kappa shape index (κ1) is 26.5. The molecule has 4 aromatic carbocycles. The molecule has 0 fully saturated rings. The molecule has 0 bridgehead atoms. The summed E-state index contributed by atoms with van der Waals surface area (Å²) in [4.78, 5) is 40.7. The number of nitrogens with one attached hydrogen (secondary N) is 1. The topological polar surface area (TPSA) is 119 Å². The molecular weight excluding hydrogens is 568 g/mol. The van der Waals surface area contributed by atoms with Crippen molar-refractivity contribution in [2.24, 2.45) is 0 Å². The lowest BCUT2D eigenvalue weighted by molar-refractivity contribution is 0.0978. The molecule has 1 N–H and O–H groups in total. The van der Waals surface area contributed by atoms with Crippen molar-refractivity contribution in [3.8, 4) is 11.5 Å². The van der Waals surface area contributed by atoms with E-state index in [0.717, 1.165) is 0 Å². The van der Waals surface area contributed by atoms with Gasteiger partial charge in [-0.1, -0.05) is 35.9 Å². The van der Waals surface area contributed by atoms with Gasteiger partial charge in [-0.2, -0.15) is 0 Å². The van der Waals surface area contributed by atoms with Gasteiger partial charge in [0.1, 0.15) is 0 Å². The van der Waals surface area contributed by atoms with E-state index in [4.69, 9.17) is 21.1 Å². The SMILES string of the molecule is CC(=O)c1cc2c(cc1NC(=O)c1ccc3c(c1)N(Cc1cccc(Cl)c1)C(=O)c1ccccc1S3(=O)=O)OCO2. The highest BCUT2D eigenvalue weighted by Gasteiger charge is 2.36. The lowest BCUT2D eigenvalue weighted by atomic mass is 10.1. The van der Waals surface area contributed by atoms with Crippen LogP contribution in [-0.4, -0.2) is 32.8 Å².